The topological polar surface area (TPSA) is 52.2 Å². The van der Waals surface area contributed by atoms with Crippen LogP contribution in [0.4, 0.5) is 27.3 Å². The molecule has 0 saturated carbocycles. The van der Waals surface area contributed by atoms with Crippen molar-refractivity contribution in [1.82, 2.24) is 10.3 Å². The van der Waals surface area contributed by atoms with Gasteiger partial charge in [0.15, 0.2) is 0 Å². The fourth-order valence-electron chi connectivity index (χ4n) is 3.22. The summed E-state index contributed by atoms with van der Waals surface area (Å²) in [6.45, 7) is 1.80. The lowest BCUT2D eigenvalue weighted by molar-refractivity contribution is 0.615. The molecular formula is C20H22FN5S2. The van der Waals surface area contributed by atoms with Crippen molar-refractivity contribution in [3.8, 4) is 0 Å². The van der Waals surface area contributed by atoms with E-state index in [2.05, 4.69) is 25.2 Å². The standard InChI is InChI=1S/C20H22FN5S2/c1-22-16-8-9-26(11-16)19-10-14(21)2-7-18(19)24-15-3-5-17(6-4-15)28-25-20-12-27-13-23-20/h2-7,10,12-13,16,22,24-25H,8-9,11H2,1H3/t16-/m1/s1. The number of nitrogens with one attached hydrogen (secondary N) is 3. The lowest BCUT2D eigenvalue weighted by atomic mass is 10.2. The summed E-state index contributed by atoms with van der Waals surface area (Å²) in [5.41, 5.74) is 4.59. The highest BCUT2D eigenvalue weighted by atomic mass is 32.2. The van der Waals surface area contributed by atoms with Gasteiger partial charge in [-0.1, -0.05) is 0 Å². The van der Waals surface area contributed by atoms with E-state index in [9.17, 15) is 4.39 Å². The van der Waals surface area contributed by atoms with E-state index in [1.807, 2.05) is 42.8 Å². The quantitative estimate of drug-likeness (QED) is 0.475. The van der Waals surface area contributed by atoms with Gasteiger partial charge in [-0.3, -0.25) is 0 Å². The number of hydrogen-bond donors (Lipinski definition) is 3. The molecule has 0 bridgehead atoms. The first-order chi connectivity index (χ1) is 13.7. The maximum Gasteiger partial charge on any atom is 0.147 e. The van der Waals surface area contributed by atoms with E-state index in [4.69, 9.17) is 0 Å². The van der Waals surface area contributed by atoms with Crippen molar-refractivity contribution in [3.63, 3.8) is 0 Å². The molecule has 1 aliphatic heterocycles. The Bertz CT molecular complexity index is 901. The predicted octanol–water partition coefficient (Wildman–Crippen LogP) is 4.94. The van der Waals surface area contributed by atoms with Gasteiger partial charge >= 0.3 is 0 Å². The van der Waals surface area contributed by atoms with Crippen LogP contribution in [0, 0.1) is 5.82 Å². The number of hydrogen-bond acceptors (Lipinski definition) is 7. The van der Waals surface area contributed by atoms with E-state index in [1.54, 1.807) is 22.9 Å². The SMILES string of the molecule is CN[C@@H]1CCN(c2cc(F)ccc2Nc2ccc(SNc3cscn3)cc2)C1. The van der Waals surface area contributed by atoms with Gasteiger partial charge in [0.25, 0.3) is 0 Å². The molecule has 1 aromatic heterocycles. The lowest BCUT2D eigenvalue weighted by Crippen LogP contribution is -2.29. The fourth-order valence-corrected chi connectivity index (χ4v) is 4.39. The number of aromatic nitrogens is 1. The second kappa shape index (κ2) is 8.81. The molecule has 0 unspecified atom stereocenters. The highest BCUT2D eigenvalue weighted by Gasteiger charge is 2.23. The van der Waals surface area contributed by atoms with Gasteiger partial charge in [0.05, 0.1) is 16.9 Å². The van der Waals surface area contributed by atoms with Crippen LogP contribution in [-0.2, 0) is 0 Å². The molecule has 2 aromatic carbocycles. The van der Waals surface area contributed by atoms with Crippen LogP contribution in [0.1, 0.15) is 6.42 Å². The van der Waals surface area contributed by atoms with Crippen molar-refractivity contribution in [2.75, 3.05) is 35.1 Å². The van der Waals surface area contributed by atoms with Gasteiger partial charge in [-0.2, -0.15) is 0 Å². The molecule has 0 aliphatic carbocycles. The Labute approximate surface area is 172 Å². The molecule has 0 amide bonds. The summed E-state index contributed by atoms with van der Waals surface area (Å²) < 4.78 is 17.1. The normalized spacial score (nSPS) is 16.4. The third-order valence-corrected chi connectivity index (χ3v) is 6.14. The van der Waals surface area contributed by atoms with E-state index in [1.165, 1.54) is 18.0 Å². The second-order valence-corrected chi connectivity index (χ2v) is 8.21. The first-order valence-electron chi connectivity index (χ1n) is 9.11. The molecule has 28 heavy (non-hydrogen) atoms. The maximum absolute atomic E-state index is 13.9. The van der Waals surface area contributed by atoms with Crippen molar-refractivity contribution in [2.45, 2.75) is 17.4 Å². The van der Waals surface area contributed by atoms with Crippen LogP contribution in [0.3, 0.4) is 0 Å². The van der Waals surface area contributed by atoms with Crippen LogP contribution in [0.25, 0.3) is 0 Å². The van der Waals surface area contributed by atoms with Gasteiger partial charge in [0.2, 0.25) is 0 Å². The minimum atomic E-state index is -0.215. The summed E-state index contributed by atoms with van der Waals surface area (Å²) in [5.74, 6) is 0.645. The largest absolute Gasteiger partial charge is 0.368 e. The van der Waals surface area contributed by atoms with Crippen molar-refractivity contribution in [1.29, 1.82) is 0 Å². The number of rotatable bonds is 7. The minimum Gasteiger partial charge on any atom is -0.368 e. The summed E-state index contributed by atoms with van der Waals surface area (Å²) in [6, 6.07) is 13.5. The first kappa shape index (κ1) is 19.0. The number of likely N-dealkylation sites (N-methyl/N-ethyl adjacent to an activating group) is 1. The monoisotopic (exact) mass is 415 g/mol. The zero-order valence-electron chi connectivity index (χ0n) is 15.5. The van der Waals surface area contributed by atoms with Crippen LogP contribution in [-0.4, -0.2) is 31.2 Å². The minimum absolute atomic E-state index is 0.215. The van der Waals surface area contributed by atoms with Gasteiger partial charge in [-0.25, -0.2) is 9.37 Å². The van der Waals surface area contributed by atoms with Crippen LogP contribution < -0.4 is 20.3 Å². The molecule has 3 aromatic rings. The van der Waals surface area contributed by atoms with Gasteiger partial charge in [0.1, 0.15) is 11.6 Å². The average molecular weight is 416 g/mol. The zero-order chi connectivity index (χ0) is 19.3. The highest BCUT2D eigenvalue weighted by Crippen LogP contribution is 2.32. The van der Waals surface area contributed by atoms with Crippen molar-refractivity contribution in [3.05, 3.63) is 59.2 Å². The Morgan fingerprint density at radius 1 is 1.21 bits per heavy atom. The number of nitrogens with zero attached hydrogens (tertiary/aromatic N) is 2. The molecule has 0 spiro atoms. The second-order valence-electron chi connectivity index (χ2n) is 6.61. The van der Waals surface area contributed by atoms with Crippen molar-refractivity contribution < 1.29 is 4.39 Å². The predicted molar refractivity (Wildman–Crippen MR) is 117 cm³/mol. The van der Waals surface area contributed by atoms with Crippen molar-refractivity contribution >= 4 is 46.2 Å². The number of benzene rings is 2. The molecule has 5 nitrogen and oxygen atoms in total. The van der Waals surface area contributed by atoms with Gasteiger partial charge < -0.3 is 20.3 Å². The third kappa shape index (κ3) is 4.57. The molecule has 2 heterocycles. The Morgan fingerprint density at radius 2 is 2.07 bits per heavy atom. The molecular weight excluding hydrogens is 393 g/mol. The van der Waals surface area contributed by atoms with Crippen molar-refractivity contribution in [2.24, 2.45) is 0 Å². The summed E-state index contributed by atoms with van der Waals surface area (Å²) >= 11 is 3.08. The van der Waals surface area contributed by atoms with E-state index < -0.39 is 0 Å². The molecule has 1 saturated heterocycles. The highest BCUT2D eigenvalue weighted by molar-refractivity contribution is 8.00. The number of anilines is 4. The fraction of sp³-hybridized carbons (Fsp3) is 0.250. The molecule has 146 valence electrons. The molecule has 8 heteroatoms. The average Bonchev–Trinajstić information content (AvgIpc) is 3.40. The summed E-state index contributed by atoms with van der Waals surface area (Å²) in [4.78, 5) is 7.53. The van der Waals surface area contributed by atoms with Gasteiger partial charge in [0, 0.05) is 35.1 Å². The number of halogens is 1. The van der Waals surface area contributed by atoms with E-state index in [0.717, 1.165) is 47.3 Å². The summed E-state index contributed by atoms with van der Waals surface area (Å²) in [5, 5.41) is 8.71. The smallest absolute Gasteiger partial charge is 0.147 e. The van der Waals surface area contributed by atoms with Crippen LogP contribution >= 0.6 is 23.3 Å². The molecule has 1 fully saturated rings. The van der Waals surface area contributed by atoms with E-state index >= 15 is 0 Å². The zero-order valence-corrected chi connectivity index (χ0v) is 17.1. The van der Waals surface area contributed by atoms with Crippen LogP contribution in [0.15, 0.2) is 58.3 Å². The molecule has 1 atom stereocenters. The Hall–Kier alpha value is -2.29. The summed E-state index contributed by atoms with van der Waals surface area (Å²) in [7, 11) is 1.97. The number of thiazole rings is 1. The first-order valence-corrected chi connectivity index (χ1v) is 10.9. The Balaban J connectivity index is 1.45. The van der Waals surface area contributed by atoms with Gasteiger partial charge in [-0.05, 0) is 67.9 Å². The lowest BCUT2D eigenvalue weighted by Gasteiger charge is -2.23. The molecule has 0 radical (unpaired) electrons. The van der Waals surface area contributed by atoms with Crippen LogP contribution in [0.5, 0.6) is 0 Å². The van der Waals surface area contributed by atoms with Gasteiger partial charge in [-0.15, -0.1) is 11.3 Å². The third-order valence-electron chi connectivity index (χ3n) is 4.74. The van der Waals surface area contributed by atoms with Crippen LogP contribution in [0.2, 0.25) is 0 Å². The molecule has 3 N–H and O–H groups in total. The Kier molecular flexibility index (Phi) is 5.99. The van der Waals surface area contributed by atoms with E-state index in [0.29, 0.717) is 6.04 Å². The van der Waals surface area contributed by atoms with E-state index in [-0.39, 0.29) is 5.82 Å². The molecule has 4 rings (SSSR count). The summed E-state index contributed by atoms with van der Waals surface area (Å²) in [6.07, 6.45) is 1.06. The maximum atomic E-state index is 13.9. The molecule has 1 aliphatic rings. The Morgan fingerprint density at radius 3 is 2.79 bits per heavy atom.